The minimum atomic E-state index is -0.446. The predicted molar refractivity (Wildman–Crippen MR) is 121 cm³/mol. The van der Waals surface area contributed by atoms with Crippen molar-refractivity contribution in [2.24, 2.45) is 0 Å². The van der Waals surface area contributed by atoms with E-state index in [4.69, 9.17) is 0 Å². The molecule has 0 saturated carbocycles. The number of aryl methyl sites for hydroxylation is 1. The third kappa shape index (κ3) is 5.59. The van der Waals surface area contributed by atoms with E-state index in [0.717, 1.165) is 31.9 Å². The Morgan fingerprint density at radius 1 is 1.13 bits per heavy atom. The number of quaternary nitrogens is 2. The van der Waals surface area contributed by atoms with Crippen LogP contribution in [-0.2, 0) is 0 Å². The Labute approximate surface area is 183 Å². The van der Waals surface area contributed by atoms with Gasteiger partial charge in [-0.2, -0.15) is 0 Å². The molecule has 0 unspecified atom stereocenters. The second-order valence-corrected chi connectivity index (χ2v) is 8.62. The Morgan fingerprint density at radius 2 is 1.77 bits per heavy atom. The fourth-order valence-electron chi connectivity index (χ4n) is 4.09. The van der Waals surface area contributed by atoms with Crippen molar-refractivity contribution >= 4 is 17.3 Å². The number of hydrogen-bond donors (Lipinski definition) is 3. The van der Waals surface area contributed by atoms with Gasteiger partial charge in [-0.3, -0.25) is 14.9 Å². The van der Waals surface area contributed by atoms with Crippen LogP contribution in [0.3, 0.4) is 0 Å². The van der Waals surface area contributed by atoms with Crippen LogP contribution in [0, 0.1) is 17.0 Å². The highest BCUT2D eigenvalue weighted by atomic mass is 16.6. The first kappa shape index (κ1) is 22.7. The summed E-state index contributed by atoms with van der Waals surface area (Å²) >= 11 is 0. The first-order valence-corrected chi connectivity index (χ1v) is 10.7. The van der Waals surface area contributed by atoms with E-state index in [-0.39, 0.29) is 17.6 Å². The minimum Gasteiger partial charge on any atom is -0.378 e. The zero-order valence-electron chi connectivity index (χ0n) is 18.8. The van der Waals surface area contributed by atoms with Gasteiger partial charge in [0.15, 0.2) is 0 Å². The predicted octanol–water partition coefficient (Wildman–Crippen LogP) is -0.146. The molecule has 2 aromatic carbocycles. The summed E-state index contributed by atoms with van der Waals surface area (Å²) in [6.07, 6.45) is 0. The van der Waals surface area contributed by atoms with E-state index in [9.17, 15) is 14.9 Å². The number of anilines is 1. The lowest BCUT2D eigenvalue weighted by Gasteiger charge is -2.33. The Bertz CT molecular complexity index is 921. The number of amides is 1. The van der Waals surface area contributed by atoms with Crippen LogP contribution in [0.15, 0.2) is 42.5 Å². The molecule has 1 atom stereocenters. The molecule has 8 nitrogen and oxygen atoms in total. The summed E-state index contributed by atoms with van der Waals surface area (Å²) in [5, 5.41) is 14.3. The van der Waals surface area contributed by atoms with Crippen LogP contribution in [0.1, 0.15) is 27.5 Å². The number of nitrogens with zero attached hydrogens (tertiary/aromatic N) is 2. The molecule has 166 valence electrons. The maximum atomic E-state index is 12.8. The lowest BCUT2D eigenvalue weighted by atomic mass is 10.0. The van der Waals surface area contributed by atoms with E-state index in [2.05, 4.69) is 41.5 Å². The van der Waals surface area contributed by atoms with Crippen LogP contribution >= 0.6 is 0 Å². The molecule has 3 N–H and O–H groups in total. The molecule has 31 heavy (non-hydrogen) atoms. The molecule has 2 aromatic rings. The van der Waals surface area contributed by atoms with Crippen LogP contribution in [0.4, 0.5) is 11.4 Å². The third-order valence-electron chi connectivity index (χ3n) is 6.19. The summed E-state index contributed by atoms with van der Waals surface area (Å²) in [5.74, 6) is -0.280. The van der Waals surface area contributed by atoms with Gasteiger partial charge >= 0.3 is 0 Å². The first-order valence-electron chi connectivity index (χ1n) is 10.7. The zero-order chi connectivity index (χ0) is 22.5. The van der Waals surface area contributed by atoms with Crippen molar-refractivity contribution in [3.63, 3.8) is 0 Å². The summed E-state index contributed by atoms with van der Waals surface area (Å²) in [5.41, 5.74) is 3.16. The molecule has 0 radical (unpaired) electrons. The SMILES string of the molecule is Cc1ccc(C(=O)NC[C@@H](c2ccc(N(C)C)cc2)[NH+]2CC[NH+](C)CC2)cc1[N+](=O)[O-]. The fraction of sp³-hybridized carbons (Fsp3) is 0.435. The van der Waals surface area contributed by atoms with E-state index >= 15 is 0 Å². The van der Waals surface area contributed by atoms with Gasteiger partial charge in [0.25, 0.3) is 11.6 Å². The molecule has 0 aromatic heterocycles. The smallest absolute Gasteiger partial charge is 0.273 e. The molecular formula is C23H33N5O3+2. The van der Waals surface area contributed by atoms with Gasteiger partial charge in [-0.1, -0.05) is 18.2 Å². The lowest BCUT2D eigenvalue weighted by molar-refractivity contribution is -1.02. The van der Waals surface area contributed by atoms with Crippen molar-refractivity contribution in [3.8, 4) is 0 Å². The average Bonchev–Trinajstić information content (AvgIpc) is 2.75. The number of nitro groups is 1. The Hall–Kier alpha value is -2.97. The van der Waals surface area contributed by atoms with Crippen LogP contribution in [0.5, 0.6) is 0 Å². The van der Waals surface area contributed by atoms with E-state index in [1.165, 1.54) is 21.4 Å². The quantitative estimate of drug-likeness (QED) is 0.424. The van der Waals surface area contributed by atoms with Gasteiger partial charge in [-0.25, -0.2) is 0 Å². The molecule has 1 aliphatic heterocycles. The van der Waals surface area contributed by atoms with Crippen molar-refractivity contribution in [2.75, 3.05) is 58.8 Å². The van der Waals surface area contributed by atoms with Crippen molar-refractivity contribution in [1.29, 1.82) is 0 Å². The van der Waals surface area contributed by atoms with Crippen molar-refractivity contribution < 1.29 is 19.5 Å². The lowest BCUT2D eigenvalue weighted by Crippen LogP contribution is -3.27. The summed E-state index contributed by atoms with van der Waals surface area (Å²) in [4.78, 5) is 28.6. The van der Waals surface area contributed by atoms with Gasteiger partial charge in [0, 0.05) is 42.5 Å². The Kier molecular flexibility index (Phi) is 7.25. The Balaban J connectivity index is 1.77. The zero-order valence-corrected chi connectivity index (χ0v) is 18.8. The molecule has 3 rings (SSSR count). The van der Waals surface area contributed by atoms with Crippen molar-refractivity contribution in [1.82, 2.24) is 5.32 Å². The van der Waals surface area contributed by atoms with Crippen molar-refractivity contribution in [2.45, 2.75) is 13.0 Å². The monoisotopic (exact) mass is 427 g/mol. The van der Waals surface area contributed by atoms with E-state index in [1.807, 2.05) is 14.1 Å². The summed E-state index contributed by atoms with van der Waals surface area (Å²) in [6.45, 7) is 6.43. The third-order valence-corrected chi connectivity index (χ3v) is 6.19. The maximum absolute atomic E-state index is 12.8. The van der Waals surface area contributed by atoms with Gasteiger partial charge in [0.05, 0.1) is 18.5 Å². The average molecular weight is 428 g/mol. The molecule has 8 heteroatoms. The van der Waals surface area contributed by atoms with Gasteiger partial charge in [0.1, 0.15) is 32.2 Å². The van der Waals surface area contributed by atoms with E-state index in [0.29, 0.717) is 17.7 Å². The maximum Gasteiger partial charge on any atom is 0.273 e. The van der Waals surface area contributed by atoms with Gasteiger partial charge in [-0.05, 0) is 25.1 Å². The standard InChI is InChI=1S/C23H31N5O3/c1-17-5-6-19(15-21(17)28(30)31)23(29)24-16-22(27-13-11-26(4)12-14-27)18-7-9-20(10-8-18)25(2)3/h5-10,15,22H,11-14,16H2,1-4H3,(H,24,29)/p+2/t22-/m0/s1. The number of piperazine rings is 1. The number of benzene rings is 2. The molecular weight excluding hydrogens is 394 g/mol. The molecule has 1 saturated heterocycles. The highest BCUT2D eigenvalue weighted by Crippen LogP contribution is 2.20. The highest BCUT2D eigenvalue weighted by molar-refractivity contribution is 5.95. The first-order chi connectivity index (χ1) is 14.8. The Morgan fingerprint density at radius 3 is 2.35 bits per heavy atom. The molecule has 1 fully saturated rings. The van der Waals surface area contributed by atoms with Crippen LogP contribution in [0.2, 0.25) is 0 Å². The van der Waals surface area contributed by atoms with E-state index in [1.54, 1.807) is 19.1 Å². The van der Waals surface area contributed by atoms with Crippen molar-refractivity contribution in [3.05, 3.63) is 69.3 Å². The number of nitrogens with one attached hydrogen (secondary N) is 3. The molecule has 0 aliphatic carbocycles. The molecule has 1 heterocycles. The number of hydrogen-bond acceptors (Lipinski definition) is 4. The number of likely N-dealkylation sites (N-methyl/N-ethyl adjacent to an activating group) is 1. The van der Waals surface area contributed by atoms with Gasteiger partial charge in [-0.15, -0.1) is 0 Å². The number of nitro benzene ring substituents is 1. The summed E-state index contributed by atoms with van der Waals surface area (Å²) in [6, 6.07) is 13.2. The van der Waals surface area contributed by atoms with Gasteiger partial charge < -0.3 is 20.0 Å². The summed E-state index contributed by atoms with van der Waals surface area (Å²) < 4.78 is 0. The second-order valence-electron chi connectivity index (χ2n) is 8.62. The number of carbonyl (C=O) groups excluding carboxylic acids is 1. The highest BCUT2D eigenvalue weighted by Gasteiger charge is 2.30. The van der Waals surface area contributed by atoms with Gasteiger partial charge in [0.2, 0.25) is 0 Å². The minimum absolute atomic E-state index is 0.0313. The molecule has 1 amide bonds. The molecule has 1 aliphatic rings. The van der Waals surface area contributed by atoms with Crippen LogP contribution in [-0.4, -0.2) is 64.7 Å². The number of rotatable bonds is 7. The molecule has 0 bridgehead atoms. The second kappa shape index (κ2) is 9.89. The normalized spacial score (nSPS) is 19.5. The summed E-state index contributed by atoms with van der Waals surface area (Å²) in [7, 11) is 6.24. The number of carbonyl (C=O) groups is 1. The topological polar surface area (TPSA) is 84.4 Å². The van der Waals surface area contributed by atoms with Crippen LogP contribution < -0.4 is 20.0 Å². The van der Waals surface area contributed by atoms with E-state index < -0.39 is 4.92 Å². The fourth-order valence-corrected chi connectivity index (χ4v) is 4.09. The largest absolute Gasteiger partial charge is 0.378 e. The molecule has 0 spiro atoms. The van der Waals surface area contributed by atoms with Crippen LogP contribution in [0.25, 0.3) is 0 Å².